The lowest BCUT2D eigenvalue weighted by molar-refractivity contribution is 0.314. The fraction of sp³-hybridized carbons (Fsp3) is 0.600. The highest BCUT2D eigenvalue weighted by Gasteiger charge is 2.40. The number of rotatable bonds is 1. The van der Waals surface area contributed by atoms with Gasteiger partial charge in [-0.05, 0) is 61.5 Å². The molecule has 86 valence electrons. The first-order valence-corrected chi connectivity index (χ1v) is 6.90. The lowest BCUT2D eigenvalue weighted by Gasteiger charge is -2.24. The van der Waals surface area contributed by atoms with Crippen LogP contribution in [-0.4, -0.2) is 5.38 Å². The van der Waals surface area contributed by atoms with Crippen molar-refractivity contribution < 1.29 is 0 Å². The average Bonchev–Trinajstić information content (AvgIpc) is 2.55. The van der Waals surface area contributed by atoms with Crippen molar-refractivity contribution >= 4 is 11.6 Å². The predicted molar refractivity (Wildman–Crippen MR) is 68.9 cm³/mol. The molecule has 1 fully saturated rings. The van der Waals surface area contributed by atoms with E-state index in [1.807, 2.05) is 0 Å². The van der Waals surface area contributed by atoms with E-state index in [1.54, 1.807) is 11.1 Å². The van der Waals surface area contributed by atoms with Gasteiger partial charge in [0.05, 0.1) is 0 Å². The van der Waals surface area contributed by atoms with E-state index < -0.39 is 0 Å². The van der Waals surface area contributed by atoms with Gasteiger partial charge in [-0.1, -0.05) is 24.3 Å². The molecule has 0 amide bonds. The van der Waals surface area contributed by atoms with Crippen molar-refractivity contribution in [2.75, 3.05) is 0 Å². The first-order chi connectivity index (χ1) is 7.75. The maximum Gasteiger partial charge on any atom is 0.0341 e. The molecule has 3 unspecified atom stereocenters. The second-order valence-electron chi connectivity index (χ2n) is 5.53. The van der Waals surface area contributed by atoms with Crippen molar-refractivity contribution in [3.8, 4) is 0 Å². The van der Waals surface area contributed by atoms with Crippen molar-refractivity contribution in [2.45, 2.75) is 38.0 Å². The molecule has 2 aliphatic rings. The molecule has 3 atom stereocenters. The second-order valence-corrected chi connectivity index (χ2v) is 6.22. The fourth-order valence-electron chi connectivity index (χ4n) is 3.95. The molecule has 16 heavy (non-hydrogen) atoms. The molecular weight excluding hydrogens is 216 g/mol. The lowest BCUT2D eigenvalue weighted by atomic mass is 9.85. The summed E-state index contributed by atoms with van der Waals surface area (Å²) in [6, 6.07) is 8.98. The van der Waals surface area contributed by atoms with Crippen molar-refractivity contribution in [3.63, 3.8) is 0 Å². The second kappa shape index (κ2) is 4.07. The minimum atomic E-state index is 0.340. The van der Waals surface area contributed by atoms with Gasteiger partial charge in [0.2, 0.25) is 0 Å². The molecule has 0 radical (unpaired) electrons. The summed E-state index contributed by atoms with van der Waals surface area (Å²) in [5.41, 5.74) is 3.16. The maximum atomic E-state index is 6.40. The molecule has 0 heterocycles. The number of hydrogen-bond acceptors (Lipinski definition) is 0. The first-order valence-electron chi connectivity index (χ1n) is 6.46. The van der Waals surface area contributed by atoms with Crippen molar-refractivity contribution in [1.29, 1.82) is 0 Å². The summed E-state index contributed by atoms with van der Waals surface area (Å²) >= 11 is 6.40. The molecule has 1 heteroatoms. The highest BCUT2D eigenvalue weighted by molar-refractivity contribution is 6.20. The highest BCUT2D eigenvalue weighted by atomic mass is 35.5. The first kappa shape index (κ1) is 10.7. The van der Waals surface area contributed by atoms with Gasteiger partial charge in [-0.3, -0.25) is 0 Å². The van der Waals surface area contributed by atoms with Crippen LogP contribution in [0.25, 0.3) is 0 Å². The quantitative estimate of drug-likeness (QED) is 0.643. The molecule has 1 aromatic rings. The molecule has 1 saturated carbocycles. The minimum Gasteiger partial charge on any atom is -0.123 e. The zero-order valence-corrected chi connectivity index (χ0v) is 10.6. The SMILES string of the molecule is CC(Cl)C1C2CCC1Cc1ccccc1C2. The van der Waals surface area contributed by atoms with E-state index in [1.165, 1.54) is 25.7 Å². The van der Waals surface area contributed by atoms with E-state index in [0.717, 1.165) is 17.8 Å². The molecule has 0 spiro atoms. The van der Waals surface area contributed by atoms with Crippen LogP contribution in [-0.2, 0) is 12.8 Å². The van der Waals surface area contributed by atoms with Crippen LogP contribution in [0.4, 0.5) is 0 Å². The number of halogens is 1. The third-order valence-electron chi connectivity index (χ3n) is 4.61. The standard InChI is InChI=1S/C15H19Cl/c1-10(16)15-13-6-7-14(15)9-12-5-3-2-4-11(12)8-13/h2-5,10,13-15H,6-9H2,1H3. The Morgan fingerprint density at radius 1 is 1.06 bits per heavy atom. The third kappa shape index (κ3) is 1.68. The lowest BCUT2D eigenvalue weighted by Crippen LogP contribution is -2.23. The van der Waals surface area contributed by atoms with Gasteiger partial charge in [0.25, 0.3) is 0 Å². The normalized spacial score (nSPS) is 34.2. The number of alkyl halides is 1. The highest BCUT2D eigenvalue weighted by Crippen LogP contribution is 2.46. The zero-order chi connectivity index (χ0) is 11.1. The van der Waals surface area contributed by atoms with Gasteiger partial charge < -0.3 is 0 Å². The van der Waals surface area contributed by atoms with Crippen LogP contribution in [0.1, 0.15) is 30.9 Å². The Morgan fingerprint density at radius 2 is 1.56 bits per heavy atom. The van der Waals surface area contributed by atoms with E-state index in [-0.39, 0.29) is 0 Å². The van der Waals surface area contributed by atoms with Crippen molar-refractivity contribution in [3.05, 3.63) is 35.4 Å². The van der Waals surface area contributed by atoms with Crippen LogP contribution < -0.4 is 0 Å². The van der Waals surface area contributed by atoms with Gasteiger partial charge in [-0.15, -0.1) is 11.6 Å². The maximum absolute atomic E-state index is 6.40. The largest absolute Gasteiger partial charge is 0.123 e. The van der Waals surface area contributed by atoms with Gasteiger partial charge in [0.15, 0.2) is 0 Å². The summed E-state index contributed by atoms with van der Waals surface area (Å²) < 4.78 is 0. The summed E-state index contributed by atoms with van der Waals surface area (Å²) in [6.45, 7) is 2.19. The smallest absolute Gasteiger partial charge is 0.0341 e. The average molecular weight is 235 g/mol. The topological polar surface area (TPSA) is 0 Å². The van der Waals surface area contributed by atoms with Gasteiger partial charge in [0.1, 0.15) is 0 Å². The molecule has 0 aliphatic heterocycles. The molecule has 2 bridgehead atoms. The summed E-state index contributed by atoms with van der Waals surface area (Å²) in [4.78, 5) is 0. The Bertz CT molecular complexity index is 350. The van der Waals surface area contributed by atoms with E-state index in [4.69, 9.17) is 11.6 Å². The van der Waals surface area contributed by atoms with Crippen LogP contribution >= 0.6 is 11.6 Å². The fourth-order valence-corrected chi connectivity index (χ4v) is 4.36. The Hall–Kier alpha value is -0.490. The Kier molecular flexibility index (Phi) is 2.71. The Labute approximate surface area is 103 Å². The van der Waals surface area contributed by atoms with Crippen molar-refractivity contribution in [2.24, 2.45) is 17.8 Å². The number of hydrogen-bond donors (Lipinski definition) is 0. The molecule has 0 aromatic heterocycles. The van der Waals surface area contributed by atoms with E-state index >= 15 is 0 Å². The van der Waals surface area contributed by atoms with Gasteiger partial charge in [-0.25, -0.2) is 0 Å². The Balaban J connectivity index is 1.96. The summed E-state index contributed by atoms with van der Waals surface area (Å²) in [5.74, 6) is 2.41. The zero-order valence-electron chi connectivity index (χ0n) is 9.83. The predicted octanol–water partition coefficient (Wildman–Crippen LogP) is 4.05. The third-order valence-corrected chi connectivity index (χ3v) is 4.90. The summed E-state index contributed by atoms with van der Waals surface area (Å²) in [6.07, 6.45) is 5.30. The molecule has 3 rings (SSSR count). The molecule has 2 aliphatic carbocycles. The Morgan fingerprint density at radius 3 is 2.00 bits per heavy atom. The molecule has 0 nitrogen and oxygen atoms in total. The van der Waals surface area contributed by atoms with Crippen molar-refractivity contribution in [1.82, 2.24) is 0 Å². The molecule has 1 aromatic carbocycles. The van der Waals surface area contributed by atoms with Crippen LogP contribution in [0.5, 0.6) is 0 Å². The van der Waals surface area contributed by atoms with E-state index in [9.17, 15) is 0 Å². The van der Waals surface area contributed by atoms with Gasteiger partial charge in [0, 0.05) is 5.38 Å². The minimum absolute atomic E-state index is 0.340. The number of fused-ring (bicyclic) bond motifs is 3. The van der Waals surface area contributed by atoms with Gasteiger partial charge in [-0.2, -0.15) is 0 Å². The molecule has 0 saturated heterocycles. The van der Waals surface area contributed by atoms with Crippen LogP contribution in [0.15, 0.2) is 24.3 Å². The molecule has 0 N–H and O–H groups in total. The van der Waals surface area contributed by atoms with E-state index in [2.05, 4.69) is 31.2 Å². The van der Waals surface area contributed by atoms with Gasteiger partial charge >= 0.3 is 0 Å². The van der Waals surface area contributed by atoms with E-state index in [0.29, 0.717) is 5.38 Å². The van der Waals surface area contributed by atoms with Crippen LogP contribution in [0.2, 0.25) is 0 Å². The summed E-state index contributed by atoms with van der Waals surface area (Å²) in [7, 11) is 0. The molecular formula is C15H19Cl. The monoisotopic (exact) mass is 234 g/mol. The van der Waals surface area contributed by atoms with Crippen LogP contribution in [0, 0.1) is 17.8 Å². The summed E-state index contributed by atoms with van der Waals surface area (Å²) in [5, 5.41) is 0.340. The number of benzene rings is 1. The van der Waals surface area contributed by atoms with Crippen LogP contribution in [0.3, 0.4) is 0 Å².